The fourth-order valence-corrected chi connectivity index (χ4v) is 4.43. The molecule has 6 nitrogen and oxygen atoms in total. The van der Waals surface area contributed by atoms with Crippen LogP contribution >= 0.6 is 11.8 Å². The summed E-state index contributed by atoms with van der Waals surface area (Å²) in [6.07, 6.45) is 0. The Labute approximate surface area is 210 Å². The summed E-state index contributed by atoms with van der Waals surface area (Å²) in [5.41, 5.74) is 6.80. The number of H-pyrrole nitrogens is 1. The molecule has 0 spiro atoms. The van der Waals surface area contributed by atoms with E-state index in [2.05, 4.69) is 72.7 Å². The zero-order valence-electron chi connectivity index (χ0n) is 20.5. The van der Waals surface area contributed by atoms with Crippen molar-refractivity contribution < 1.29 is 14.3 Å². The molecule has 2 N–H and O–H groups in total. The lowest BCUT2D eigenvalue weighted by molar-refractivity contribution is -0.115. The van der Waals surface area contributed by atoms with Gasteiger partial charge < -0.3 is 19.8 Å². The molecule has 0 aliphatic heterocycles. The molecule has 4 aromatic rings. The second-order valence-corrected chi connectivity index (χ2v) is 9.64. The molecule has 3 aromatic carbocycles. The number of benzene rings is 3. The minimum Gasteiger partial charge on any atom is -0.497 e. The highest BCUT2D eigenvalue weighted by Crippen LogP contribution is 2.35. The van der Waals surface area contributed by atoms with Gasteiger partial charge in [-0.15, -0.1) is 0 Å². The van der Waals surface area contributed by atoms with E-state index < -0.39 is 5.25 Å². The van der Waals surface area contributed by atoms with Gasteiger partial charge in [0.25, 0.3) is 0 Å². The predicted molar refractivity (Wildman–Crippen MR) is 142 cm³/mol. The second-order valence-electron chi connectivity index (χ2n) is 8.31. The normalized spacial score (nSPS) is 11.7. The Hall–Kier alpha value is -3.71. The molecular formula is C28H29N3O3S. The summed E-state index contributed by atoms with van der Waals surface area (Å²) in [5, 5.41) is 3.22. The summed E-state index contributed by atoms with van der Waals surface area (Å²) in [6.45, 7) is 5.98. The number of carbonyl (C=O) groups excluding carboxylic acids is 1. The van der Waals surface area contributed by atoms with Crippen LogP contribution in [0.1, 0.15) is 18.1 Å². The standard InChI is InChI=1S/C28H29N3O3S/c1-17-6-10-20(11-7-17)25-26(21-12-8-18(2)9-13-21)31-28(30-25)35-19(3)27(32)29-23-16-22(33-4)14-15-24(23)34-5/h6-16,19H,1-5H3,(H,29,32)(H,30,31). The third kappa shape index (κ3) is 5.69. The molecule has 180 valence electrons. The Bertz CT molecular complexity index is 1250. The first-order valence-electron chi connectivity index (χ1n) is 11.3. The van der Waals surface area contributed by atoms with Gasteiger partial charge in [0.2, 0.25) is 5.91 Å². The van der Waals surface area contributed by atoms with Crippen molar-refractivity contribution >= 4 is 23.4 Å². The third-order valence-corrected chi connectivity index (χ3v) is 6.65. The number of ether oxygens (including phenoxy) is 2. The molecule has 4 rings (SSSR count). The first-order chi connectivity index (χ1) is 16.9. The minimum absolute atomic E-state index is 0.160. The number of carbonyl (C=O) groups is 1. The van der Waals surface area contributed by atoms with Gasteiger partial charge in [-0.25, -0.2) is 4.98 Å². The summed E-state index contributed by atoms with van der Waals surface area (Å²) in [4.78, 5) is 21.4. The fourth-order valence-electron chi connectivity index (χ4n) is 3.62. The van der Waals surface area contributed by atoms with Gasteiger partial charge in [0.05, 0.1) is 36.5 Å². The number of rotatable bonds is 8. The van der Waals surface area contributed by atoms with Crippen LogP contribution in [0.15, 0.2) is 71.9 Å². The molecule has 0 radical (unpaired) electrons. The van der Waals surface area contributed by atoms with Crippen molar-refractivity contribution in [1.29, 1.82) is 0 Å². The summed E-state index contributed by atoms with van der Waals surface area (Å²) >= 11 is 1.37. The van der Waals surface area contributed by atoms with Crippen molar-refractivity contribution in [2.75, 3.05) is 19.5 Å². The number of anilines is 1. The predicted octanol–water partition coefficient (Wildman–Crippen LogP) is 6.50. The molecular weight excluding hydrogens is 458 g/mol. The number of nitrogens with zero attached hydrogens (tertiary/aromatic N) is 1. The number of thioether (sulfide) groups is 1. The molecule has 35 heavy (non-hydrogen) atoms. The number of methoxy groups -OCH3 is 2. The number of aromatic nitrogens is 2. The van der Waals surface area contributed by atoms with Crippen LogP contribution in [0.25, 0.3) is 22.5 Å². The van der Waals surface area contributed by atoms with Gasteiger partial charge in [-0.05, 0) is 32.9 Å². The van der Waals surface area contributed by atoms with Gasteiger partial charge in [-0.3, -0.25) is 4.79 Å². The van der Waals surface area contributed by atoms with Crippen molar-refractivity contribution in [3.63, 3.8) is 0 Å². The Morgan fingerprint density at radius 2 is 1.54 bits per heavy atom. The van der Waals surface area contributed by atoms with E-state index in [1.807, 2.05) is 6.92 Å². The average molecular weight is 488 g/mol. The van der Waals surface area contributed by atoms with Gasteiger partial charge in [-0.1, -0.05) is 71.4 Å². The van der Waals surface area contributed by atoms with E-state index in [9.17, 15) is 4.79 Å². The van der Waals surface area contributed by atoms with Crippen LogP contribution in [0.5, 0.6) is 11.5 Å². The number of nitrogens with one attached hydrogen (secondary N) is 2. The van der Waals surface area contributed by atoms with Crippen molar-refractivity contribution in [3.05, 3.63) is 77.9 Å². The third-order valence-electron chi connectivity index (χ3n) is 5.67. The highest BCUT2D eigenvalue weighted by molar-refractivity contribution is 8.00. The number of amides is 1. The molecule has 1 unspecified atom stereocenters. The van der Waals surface area contributed by atoms with Crippen molar-refractivity contribution in [2.45, 2.75) is 31.2 Å². The summed E-state index contributed by atoms with van der Waals surface area (Å²) in [5.74, 6) is 1.04. The monoisotopic (exact) mass is 487 g/mol. The zero-order chi connectivity index (χ0) is 24.9. The Kier molecular flexibility index (Phi) is 7.46. The van der Waals surface area contributed by atoms with Crippen LogP contribution in [-0.2, 0) is 4.79 Å². The topological polar surface area (TPSA) is 76.2 Å². The Morgan fingerprint density at radius 1 is 0.914 bits per heavy atom. The van der Waals surface area contributed by atoms with Gasteiger partial charge in [-0.2, -0.15) is 0 Å². The van der Waals surface area contributed by atoms with Gasteiger partial charge in [0, 0.05) is 17.2 Å². The Morgan fingerprint density at radius 3 is 2.14 bits per heavy atom. The summed E-state index contributed by atoms with van der Waals surface area (Å²) in [7, 11) is 3.15. The van der Waals surface area contributed by atoms with E-state index in [4.69, 9.17) is 14.5 Å². The highest BCUT2D eigenvalue weighted by atomic mass is 32.2. The maximum atomic E-state index is 13.0. The van der Waals surface area contributed by atoms with Crippen LogP contribution in [0.2, 0.25) is 0 Å². The van der Waals surface area contributed by atoms with E-state index in [-0.39, 0.29) is 5.91 Å². The van der Waals surface area contributed by atoms with Crippen LogP contribution < -0.4 is 14.8 Å². The van der Waals surface area contributed by atoms with Crippen LogP contribution in [0.3, 0.4) is 0 Å². The molecule has 7 heteroatoms. The molecule has 0 aliphatic rings. The molecule has 0 aliphatic carbocycles. The first-order valence-corrected chi connectivity index (χ1v) is 12.2. The van der Waals surface area contributed by atoms with E-state index >= 15 is 0 Å². The largest absolute Gasteiger partial charge is 0.497 e. The lowest BCUT2D eigenvalue weighted by Gasteiger charge is -2.14. The Balaban J connectivity index is 1.60. The van der Waals surface area contributed by atoms with E-state index in [0.29, 0.717) is 22.3 Å². The number of hydrogen-bond donors (Lipinski definition) is 2. The van der Waals surface area contributed by atoms with Crippen molar-refractivity contribution in [2.24, 2.45) is 0 Å². The molecule has 0 bridgehead atoms. The molecule has 1 aromatic heterocycles. The quantitative estimate of drug-likeness (QED) is 0.278. The smallest absolute Gasteiger partial charge is 0.237 e. The molecule has 1 amide bonds. The summed E-state index contributed by atoms with van der Waals surface area (Å²) < 4.78 is 10.7. The molecule has 0 fully saturated rings. The summed E-state index contributed by atoms with van der Waals surface area (Å²) in [6, 6.07) is 21.9. The zero-order valence-corrected chi connectivity index (χ0v) is 21.3. The fraction of sp³-hybridized carbons (Fsp3) is 0.214. The lowest BCUT2D eigenvalue weighted by Crippen LogP contribution is -2.22. The first kappa shape index (κ1) is 24.4. The lowest BCUT2D eigenvalue weighted by atomic mass is 10.0. The van der Waals surface area contributed by atoms with Crippen LogP contribution in [0, 0.1) is 13.8 Å². The maximum Gasteiger partial charge on any atom is 0.237 e. The molecule has 0 saturated heterocycles. The molecule has 1 atom stereocenters. The van der Waals surface area contributed by atoms with E-state index in [0.717, 1.165) is 22.5 Å². The number of hydrogen-bond acceptors (Lipinski definition) is 5. The van der Waals surface area contributed by atoms with E-state index in [1.54, 1.807) is 32.4 Å². The molecule has 1 heterocycles. The van der Waals surface area contributed by atoms with Gasteiger partial charge >= 0.3 is 0 Å². The number of aromatic amines is 1. The van der Waals surface area contributed by atoms with Crippen molar-refractivity contribution in [3.8, 4) is 34.0 Å². The number of imidazole rings is 1. The second kappa shape index (κ2) is 10.7. The SMILES string of the molecule is COc1ccc(OC)c(NC(=O)C(C)Sc2nc(-c3ccc(C)cc3)c(-c3ccc(C)cc3)[nH]2)c1. The van der Waals surface area contributed by atoms with Gasteiger partial charge in [0.15, 0.2) is 5.16 Å². The van der Waals surface area contributed by atoms with Gasteiger partial charge in [0.1, 0.15) is 11.5 Å². The average Bonchev–Trinajstić information content (AvgIpc) is 3.28. The van der Waals surface area contributed by atoms with Crippen LogP contribution in [0.4, 0.5) is 5.69 Å². The van der Waals surface area contributed by atoms with Crippen LogP contribution in [-0.4, -0.2) is 35.3 Å². The minimum atomic E-state index is -0.409. The number of aryl methyl sites for hydroxylation is 2. The maximum absolute atomic E-state index is 13.0. The highest BCUT2D eigenvalue weighted by Gasteiger charge is 2.21. The van der Waals surface area contributed by atoms with E-state index in [1.165, 1.54) is 22.9 Å². The molecule has 0 saturated carbocycles. The van der Waals surface area contributed by atoms with Crippen molar-refractivity contribution in [1.82, 2.24) is 9.97 Å².